The molecule has 0 fully saturated rings. The highest BCUT2D eigenvalue weighted by atomic mass is 32.2. The molecule has 0 unspecified atom stereocenters. The van der Waals surface area contributed by atoms with Gasteiger partial charge in [-0.3, -0.25) is 9.44 Å². The van der Waals surface area contributed by atoms with E-state index in [2.05, 4.69) is 9.44 Å². The second kappa shape index (κ2) is 9.61. The van der Waals surface area contributed by atoms with E-state index in [-0.39, 0.29) is 26.8 Å². The van der Waals surface area contributed by atoms with E-state index in [1.165, 1.54) is 44.6 Å². The molecule has 0 bridgehead atoms. The number of anilines is 2. The molecule has 34 heavy (non-hydrogen) atoms. The fraction of sp³-hybridized carbons (Fsp3) is 0.136. The molecular weight excluding hydrogens is 484 g/mol. The largest absolute Gasteiger partial charge is 0.497 e. The first-order valence-electron chi connectivity index (χ1n) is 9.68. The Morgan fingerprint density at radius 2 is 1.35 bits per heavy atom. The lowest BCUT2D eigenvalue weighted by Crippen LogP contribution is -2.17. The third kappa shape index (κ3) is 5.41. The van der Waals surface area contributed by atoms with Crippen LogP contribution in [-0.2, 0) is 20.0 Å². The van der Waals surface area contributed by atoms with Crippen molar-refractivity contribution in [2.24, 2.45) is 0 Å². The highest BCUT2D eigenvalue weighted by Crippen LogP contribution is 2.29. The molecule has 3 aromatic rings. The van der Waals surface area contributed by atoms with Crippen molar-refractivity contribution in [3.63, 3.8) is 0 Å². The maximum absolute atomic E-state index is 13.0. The molecule has 0 aliphatic heterocycles. The maximum atomic E-state index is 13.0. The molecule has 0 aliphatic carbocycles. The van der Waals surface area contributed by atoms with E-state index in [0.717, 1.165) is 18.2 Å². The number of hydrogen-bond donors (Lipinski definition) is 3. The maximum Gasteiger partial charge on any atom is 0.335 e. The van der Waals surface area contributed by atoms with Gasteiger partial charge in [0.15, 0.2) is 0 Å². The molecule has 3 N–H and O–H groups in total. The van der Waals surface area contributed by atoms with Gasteiger partial charge in [0.05, 0.1) is 30.4 Å². The van der Waals surface area contributed by atoms with Crippen molar-refractivity contribution in [3.8, 4) is 11.5 Å². The Kier molecular flexibility index (Phi) is 7.03. The average Bonchev–Trinajstić information content (AvgIpc) is 2.79. The zero-order valence-corrected chi connectivity index (χ0v) is 20.0. The quantitative estimate of drug-likeness (QED) is 0.400. The molecule has 3 rings (SSSR count). The van der Waals surface area contributed by atoms with Crippen LogP contribution in [0.5, 0.6) is 11.5 Å². The van der Waals surface area contributed by atoms with Crippen LogP contribution in [0.15, 0.2) is 70.5 Å². The highest BCUT2D eigenvalue weighted by molar-refractivity contribution is 7.93. The molecule has 180 valence electrons. The number of rotatable bonds is 9. The molecule has 0 aromatic heterocycles. The predicted octanol–water partition coefficient (Wildman–Crippen LogP) is 3.31. The number of aryl methyl sites for hydroxylation is 1. The Hall–Kier alpha value is -3.77. The van der Waals surface area contributed by atoms with Gasteiger partial charge in [0, 0.05) is 5.69 Å². The minimum atomic E-state index is -4.24. The van der Waals surface area contributed by atoms with Crippen LogP contribution < -0.4 is 18.9 Å². The molecule has 0 radical (unpaired) electrons. The summed E-state index contributed by atoms with van der Waals surface area (Å²) in [6.45, 7) is 1.58. The van der Waals surface area contributed by atoms with Crippen molar-refractivity contribution < 1.29 is 36.2 Å². The molecule has 0 amide bonds. The third-order valence-electron chi connectivity index (χ3n) is 4.77. The summed E-state index contributed by atoms with van der Waals surface area (Å²) >= 11 is 0. The molecule has 0 saturated heterocycles. The van der Waals surface area contributed by atoms with Gasteiger partial charge >= 0.3 is 5.97 Å². The van der Waals surface area contributed by atoms with Crippen LogP contribution in [0.2, 0.25) is 0 Å². The van der Waals surface area contributed by atoms with Crippen LogP contribution in [0.3, 0.4) is 0 Å². The van der Waals surface area contributed by atoms with E-state index in [1.807, 2.05) is 0 Å². The minimum Gasteiger partial charge on any atom is -0.497 e. The zero-order chi connectivity index (χ0) is 25.1. The van der Waals surface area contributed by atoms with Gasteiger partial charge in [0.25, 0.3) is 20.0 Å². The molecule has 0 heterocycles. The number of sulfonamides is 2. The molecule has 0 saturated carbocycles. The molecule has 12 heteroatoms. The van der Waals surface area contributed by atoms with E-state index in [0.29, 0.717) is 17.0 Å². The summed E-state index contributed by atoms with van der Waals surface area (Å²) in [5, 5.41) is 9.11. The van der Waals surface area contributed by atoms with Gasteiger partial charge < -0.3 is 14.6 Å². The number of methoxy groups -OCH3 is 2. The Labute approximate surface area is 197 Å². The van der Waals surface area contributed by atoms with E-state index in [4.69, 9.17) is 14.6 Å². The lowest BCUT2D eigenvalue weighted by molar-refractivity contribution is 0.0696. The van der Waals surface area contributed by atoms with Crippen LogP contribution in [0.4, 0.5) is 11.4 Å². The Balaban J connectivity index is 1.93. The van der Waals surface area contributed by atoms with Crippen molar-refractivity contribution in [2.45, 2.75) is 16.7 Å². The number of aromatic carboxylic acids is 1. The minimum absolute atomic E-state index is 0.00919. The number of benzene rings is 3. The zero-order valence-electron chi connectivity index (χ0n) is 18.4. The molecular formula is C22H22N2O8S2. The standard InChI is InChI=1S/C22H22N2O8S2/c1-14-4-6-17(13-21(14)34(29,30)23-16-7-9-18(31-2)10-8-16)24-33(27,28)20-11-5-15(22(25)26)12-19(20)32-3/h4-13,23-24H,1-3H3,(H,25,26). The number of hydrogen-bond acceptors (Lipinski definition) is 7. The molecule has 3 aromatic carbocycles. The van der Waals surface area contributed by atoms with E-state index < -0.39 is 26.0 Å². The van der Waals surface area contributed by atoms with Gasteiger partial charge in [-0.05, 0) is 67.1 Å². The summed E-state index contributed by atoms with van der Waals surface area (Å²) < 4.78 is 66.7. The summed E-state index contributed by atoms with van der Waals surface area (Å²) in [7, 11) is -5.59. The number of carbonyl (C=O) groups is 1. The molecule has 0 spiro atoms. The van der Waals surface area contributed by atoms with Gasteiger partial charge in [-0.2, -0.15) is 0 Å². The van der Waals surface area contributed by atoms with Crippen LogP contribution in [-0.4, -0.2) is 42.1 Å². The predicted molar refractivity (Wildman–Crippen MR) is 126 cm³/mol. The van der Waals surface area contributed by atoms with E-state index in [1.54, 1.807) is 19.1 Å². The summed E-state index contributed by atoms with van der Waals surface area (Å²) in [6.07, 6.45) is 0. The normalized spacial score (nSPS) is 11.5. The van der Waals surface area contributed by atoms with Gasteiger partial charge in [-0.15, -0.1) is 0 Å². The second-order valence-electron chi connectivity index (χ2n) is 7.09. The fourth-order valence-corrected chi connectivity index (χ4v) is 5.59. The molecule has 0 aliphatic rings. The Morgan fingerprint density at radius 1 is 0.765 bits per heavy atom. The van der Waals surface area contributed by atoms with Crippen LogP contribution in [0.25, 0.3) is 0 Å². The van der Waals surface area contributed by atoms with Gasteiger partial charge in [-0.1, -0.05) is 6.07 Å². The number of ether oxygens (including phenoxy) is 2. The summed E-state index contributed by atoms with van der Waals surface area (Å²) in [4.78, 5) is 10.7. The van der Waals surface area contributed by atoms with Gasteiger partial charge in [0.2, 0.25) is 0 Å². The van der Waals surface area contributed by atoms with Crippen molar-refractivity contribution in [1.82, 2.24) is 0 Å². The van der Waals surface area contributed by atoms with Crippen molar-refractivity contribution in [3.05, 3.63) is 71.8 Å². The lowest BCUT2D eigenvalue weighted by Gasteiger charge is -2.15. The number of carboxylic acid groups (broad SMARTS) is 1. The van der Waals surface area contributed by atoms with E-state index >= 15 is 0 Å². The third-order valence-corrected chi connectivity index (χ3v) is 7.72. The molecule has 0 atom stereocenters. The van der Waals surface area contributed by atoms with Crippen LogP contribution in [0.1, 0.15) is 15.9 Å². The average molecular weight is 507 g/mol. The summed E-state index contributed by atoms with van der Waals surface area (Å²) in [6, 6.07) is 13.6. The molecule has 10 nitrogen and oxygen atoms in total. The van der Waals surface area contributed by atoms with Crippen molar-refractivity contribution in [1.29, 1.82) is 0 Å². The second-order valence-corrected chi connectivity index (χ2v) is 10.4. The number of nitrogens with one attached hydrogen (secondary N) is 2. The van der Waals surface area contributed by atoms with Crippen LogP contribution in [0, 0.1) is 6.92 Å². The highest BCUT2D eigenvalue weighted by Gasteiger charge is 2.23. The monoisotopic (exact) mass is 506 g/mol. The smallest absolute Gasteiger partial charge is 0.335 e. The van der Waals surface area contributed by atoms with Crippen molar-refractivity contribution in [2.75, 3.05) is 23.7 Å². The Bertz CT molecular complexity index is 1430. The summed E-state index contributed by atoms with van der Waals surface area (Å²) in [5.41, 5.74) is 0.538. The first-order chi connectivity index (χ1) is 16.0. The SMILES string of the molecule is COc1ccc(NS(=O)(=O)c2cc(NS(=O)(=O)c3ccc(C(=O)O)cc3OC)ccc2C)cc1. The fourth-order valence-electron chi connectivity index (χ4n) is 3.06. The first-order valence-corrected chi connectivity index (χ1v) is 12.6. The van der Waals surface area contributed by atoms with E-state index in [9.17, 15) is 21.6 Å². The topological polar surface area (TPSA) is 148 Å². The van der Waals surface area contributed by atoms with Gasteiger partial charge in [0.1, 0.15) is 16.4 Å². The first kappa shape index (κ1) is 24.9. The van der Waals surface area contributed by atoms with Crippen molar-refractivity contribution >= 4 is 37.4 Å². The Morgan fingerprint density at radius 3 is 1.94 bits per heavy atom. The van der Waals surface area contributed by atoms with Gasteiger partial charge in [-0.25, -0.2) is 21.6 Å². The number of carboxylic acids is 1. The lowest BCUT2D eigenvalue weighted by atomic mass is 10.2. The van der Waals surface area contributed by atoms with Crippen LogP contribution >= 0.6 is 0 Å². The summed E-state index contributed by atoms with van der Waals surface area (Å²) in [5.74, 6) is -0.858.